The molecule has 2 atom stereocenters. The van der Waals surface area contributed by atoms with Gasteiger partial charge >= 0.3 is 23.9 Å². The Kier molecular flexibility index (Phi) is 13.3. The second kappa shape index (κ2) is 16.4. The van der Waals surface area contributed by atoms with Crippen molar-refractivity contribution in [3.05, 3.63) is 59.7 Å². The van der Waals surface area contributed by atoms with Crippen LogP contribution in [-0.2, 0) is 30.3 Å². The molecular weight excluding hydrogens is 514 g/mol. The quantitative estimate of drug-likeness (QED) is 0.237. The molecule has 0 aromatic heterocycles. The van der Waals surface area contributed by atoms with Crippen molar-refractivity contribution in [3.63, 3.8) is 0 Å². The number of esters is 4. The summed E-state index contributed by atoms with van der Waals surface area (Å²) in [5.41, 5.74) is 7.05. The molecule has 2 aromatic carbocycles. The van der Waals surface area contributed by atoms with E-state index in [1.165, 1.54) is 12.1 Å². The van der Waals surface area contributed by atoms with Gasteiger partial charge in [0.05, 0.1) is 5.56 Å². The standard InChI is InChI=1S/C31H41NO8/c1-20(2)11-15-28(33)39-26-14-13-23(18-27(26)40-29(34)16-12-21(3)4)17-25(32)31(36)37-19-22(5)38-30(35)24-9-7-6-8-10-24/h6-10,13-14,18,20-22,25H,11-12,15-17,19,32H2,1-5H3/t22-,25-/m0/s1. The smallest absolute Gasteiger partial charge is 0.338 e. The summed E-state index contributed by atoms with van der Waals surface area (Å²) < 4.78 is 21.6. The van der Waals surface area contributed by atoms with E-state index in [1.807, 2.05) is 27.7 Å². The lowest BCUT2D eigenvalue weighted by atomic mass is 10.1. The average Bonchev–Trinajstić information content (AvgIpc) is 2.91. The van der Waals surface area contributed by atoms with Gasteiger partial charge in [-0.3, -0.25) is 14.4 Å². The van der Waals surface area contributed by atoms with Gasteiger partial charge < -0.3 is 24.7 Å². The topological polar surface area (TPSA) is 131 Å². The third kappa shape index (κ3) is 12.0. The molecule has 40 heavy (non-hydrogen) atoms. The van der Waals surface area contributed by atoms with Crippen LogP contribution in [0, 0.1) is 11.8 Å². The molecule has 0 spiro atoms. The Morgan fingerprint density at radius 3 is 1.93 bits per heavy atom. The molecular formula is C31H41NO8. The molecule has 0 bridgehead atoms. The van der Waals surface area contributed by atoms with Gasteiger partial charge in [0.15, 0.2) is 11.5 Å². The van der Waals surface area contributed by atoms with Crippen LogP contribution in [-0.4, -0.2) is 42.6 Å². The van der Waals surface area contributed by atoms with Gasteiger partial charge in [0.25, 0.3) is 0 Å². The first kappa shape index (κ1) is 32.5. The van der Waals surface area contributed by atoms with Crippen LogP contribution in [0.4, 0.5) is 0 Å². The molecule has 2 aromatic rings. The molecule has 0 fully saturated rings. The van der Waals surface area contributed by atoms with E-state index in [2.05, 4.69) is 0 Å². The van der Waals surface area contributed by atoms with E-state index >= 15 is 0 Å². The number of benzene rings is 2. The largest absolute Gasteiger partial charge is 0.461 e. The lowest BCUT2D eigenvalue weighted by Gasteiger charge is -2.17. The molecule has 0 aliphatic carbocycles. The van der Waals surface area contributed by atoms with Crippen molar-refractivity contribution in [2.75, 3.05) is 6.61 Å². The van der Waals surface area contributed by atoms with Crippen LogP contribution in [0.1, 0.15) is 76.2 Å². The maximum Gasteiger partial charge on any atom is 0.338 e. The van der Waals surface area contributed by atoms with Gasteiger partial charge in [0, 0.05) is 12.8 Å². The number of carbonyl (C=O) groups excluding carboxylic acids is 4. The second-order valence-electron chi connectivity index (χ2n) is 10.6. The van der Waals surface area contributed by atoms with Crippen molar-refractivity contribution in [3.8, 4) is 11.5 Å². The highest BCUT2D eigenvalue weighted by molar-refractivity contribution is 5.89. The van der Waals surface area contributed by atoms with Gasteiger partial charge in [-0.05, 0) is 67.9 Å². The van der Waals surface area contributed by atoms with Crippen LogP contribution < -0.4 is 15.2 Å². The molecule has 0 saturated carbocycles. The number of hydrogen-bond donors (Lipinski definition) is 1. The molecule has 218 valence electrons. The Labute approximate surface area is 236 Å². The number of rotatable bonds is 15. The van der Waals surface area contributed by atoms with Crippen LogP contribution in [0.5, 0.6) is 11.5 Å². The molecule has 0 saturated heterocycles. The summed E-state index contributed by atoms with van der Waals surface area (Å²) in [7, 11) is 0. The maximum atomic E-state index is 12.5. The third-order valence-electron chi connectivity index (χ3n) is 5.84. The SMILES string of the molecule is CC(C)CCC(=O)Oc1ccc(C[C@H](N)C(=O)OC[C@H](C)OC(=O)c2ccccc2)cc1OC(=O)CCC(C)C. The molecule has 0 heterocycles. The Balaban J connectivity index is 2.01. The monoisotopic (exact) mass is 555 g/mol. The second-order valence-corrected chi connectivity index (χ2v) is 10.6. The fourth-order valence-electron chi connectivity index (χ4n) is 3.51. The van der Waals surface area contributed by atoms with Gasteiger partial charge in [0.2, 0.25) is 0 Å². The van der Waals surface area contributed by atoms with Gasteiger partial charge in [-0.25, -0.2) is 4.79 Å². The predicted molar refractivity (Wildman–Crippen MR) is 150 cm³/mol. The molecule has 0 amide bonds. The number of nitrogens with two attached hydrogens (primary N) is 1. The van der Waals surface area contributed by atoms with Crippen molar-refractivity contribution in [2.24, 2.45) is 17.6 Å². The molecule has 0 radical (unpaired) electrons. The number of carbonyl (C=O) groups is 4. The Bertz CT molecular complexity index is 1130. The Morgan fingerprint density at radius 1 is 0.775 bits per heavy atom. The predicted octanol–water partition coefficient (Wildman–Crippen LogP) is 5.03. The van der Waals surface area contributed by atoms with E-state index in [0.29, 0.717) is 35.8 Å². The molecule has 2 rings (SSSR count). The van der Waals surface area contributed by atoms with Crippen LogP contribution in [0.2, 0.25) is 0 Å². The van der Waals surface area contributed by atoms with E-state index in [4.69, 9.17) is 24.7 Å². The van der Waals surface area contributed by atoms with Gasteiger partial charge in [-0.1, -0.05) is 52.0 Å². The van der Waals surface area contributed by atoms with Crippen molar-refractivity contribution in [1.29, 1.82) is 0 Å². The molecule has 2 N–H and O–H groups in total. The van der Waals surface area contributed by atoms with E-state index in [0.717, 1.165) is 0 Å². The minimum Gasteiger partial charge on any atom is -0.461 e. The molecule has 0 aliphatic heterocycles. The van der Waals surface area contributed by atoms with E-state index < -0.39 is 36.0 Å². The zero-order chi connectivity index (χ0) is 29.7. The van der Waals surface area contributed by atoms with E-state index in [1.54, 1.807) is 43.3 Å². The van der Waals surface area contributed by atoms with Crippen LogP contribution in [0.3, 0.4) is 0 Å². The zero-order valence-electron chi connectivity index (χ0n) is 24.0. The zero-order valence-corrected chi connectivity index (χ0v) is 24.0. The summed E-state index contributed by atoms with van der Waals surface area (Å²) in [6.07, 6.45) is 1.16. The highest BCUT2D eigenvalue weighted by Gasteiger charge is 2.21. The minimum absolute atomic E-state index is 0.0785. The highest BCUT2D eigenvalue weighted by Crippen LogP contribution is 2.30. The van der Waals surface area contributed by atoms with Gasteiger partial charge in [-0.2, -0.15) is 0 Å². The Morgan fingerprint density at radius 2 is 1.35 bits per heavy atom. The third-order valence-corrected chi connectivity index (χ3v) is 5.84. The Hall–Kier alpha value is -3.72. The number of ether oxygens (including phenoxy) is 4. The normalized spacial score (nSPS) is 12.5. The first-order valence-electron chi connectivity index (χ1n) is 13.7. The summed E-state index contributed by atoms with van der Waals surface area (Å²) in [6, 6.07) is 12.2. The van der Waals surface area contributed by atoms with E-state index in [-0.39, 0.29) is 37.4 Å². The summed E-state index contributed by atoms with van der Waals surface area (Å²) in [5, 5.41) is 0. The summed E-state index contributed by atoms with van der Waals surface area (Å²) in [6.45, 7) is 9.48. The van der Waals surface area contributed by atoms with Crippen LogP contribution in [0.15, 0.2) is 48.5 Å². The molecule has 9 nitrogen and oxygen atoms in total. The van der Waals surface area contributed by atoms with Crippen molar-refractivity contribution < 1.29 is 38.1 Å². The lowest BCUT2D eigenvalue weighted by Crippen LogP contribution is -2.36. The first-order chi connectivity index (χ1) is 18.9. The molecule has 0 aliphatic rings. The van der Waals surface area contributed by atoms with Crippen LogP contribution >= 0.6 is 0 Å². The van der Waals surface area contributed by atoms with E-state index in [9.17, 15) is 19.2 Å². The van der Waals surface area contributed by atoms with Crippen molar-refractivity contribution in [2.45, 2.75) is 78.9 Å². The lowest BCUT2D eigenvalue weighted by molar-refractivity contribution is -0.148. The fraction of sp³-hybridized carbons (Fsp3) is 0.484. The minimum atomic E-state index is -1.03. The van der Waals surface area contributed by atoms with Crippen molar-refractivity contribution in [1.82, 2.24) is 0 Å². The maximum absolute atomic E-state index is 12.5. The van der Waals surface area contributed by atoms with Crippen molar-refractivity contribution >= 4 is 23.9 Å². The summed E-state index contributed by atoms with van der Waals surface area (Å²) in [4.78, 5) is 49.4. The average molecular weight is 556 g/mol. The van der Waals surface area contributed by atoms with Gasteiger partial charge in [-0.15, -0.1) is 0 Å². The summed E-state index contributed by atoms with van der Waals surface area (Å²) in [5.74, 6) is -1.21. The molecule has 9 heteroatoms. The highest BCUT2D eigenvalue weighted by atomic mass is 16.6. The number of hydrogen-bond acceptors (Lipinski definition) is 9. The van der Waals surface area contributed by atoms with Gasteiger partial charge in [0.1, 0.15) is 18.8 Å². The summed E-state index contributed by atoms with van der Waals surface area (Å²) >= 11 is 0. The fourth-order valence-corrected chi connectivity index (χ4v) is 3.51. The van der Waals surface area contributed by atoms with Crippen LogP contribution in [0.25, 0.3) is 0 Å². The molecule has 0 unspecified atom stereocenters. The first-order valence-corrected chi connectivity index (χ1v) is 13.7.